The summed E-state index contributed by atoms with van der Waals surface area (Å²) >= 11 is 1.75. The molecule has 0 atom stereocenters. The summed E-state index contributed by atoms with van der Waals surface area (Å²) in [6.45, 7) is 4.83. The second kappa shape index (κ2) is 10.4. The van der Waals surface area contributed by atoms with Gasteiger partial charge in [0.25, 0.3) is 5.91 Å². The summed E-state index contributed by atoms with van der Waals surface area (Å²) in [5.74, 6) is 1.52. The third-order valence-corrected chi connectivity index (χ3v) is 6.84. The molecule has 3 aromatic rings. The van der Waals surface area contributed by atoms with Gasteiger partial charge in [-0.05, 0) is 42.0 Å². The number of fused-ring (bicyclic) bond motifs is 1. The van der Waals surface area contributed by atoms with Gasteiger partial charge in [-0.3, -0.25) is 9.69 Å². The van der Waals surface area contributed by atoms with Gasteiger partial charge < -0.3 is 24.9 Å². The average Bonchev–Trinajstić information content (AvgIpc) is 3.30. The van der Waals surface area contributed by atoms with Gasteiger partial charge in [0.1, 0.15) is 17.9 Å². The number of amides is 1. The smallest absolute Gasteiger partial charge is 0.291 e. The van der Waals surface area contributed by atoms with E-state index in [0.717, 1.165) is 54.5 Å². The van der Waals surface area contributed by atoms with E-state index < -0.39 is 0 Å². The molecule has 2 aliphatic heterocycles. The highest BCUT2D eigenvalue weighted by atomic mass is 32.2. The number of anilines is 2. The Morgan fingerprint density at radius 2 is 2.03 bits per heavy atom. The zero-order chi connectivity index (χ0) is 23.3. The van der Waals surface area contributed by atoms with Crippen LogP contribution in [0, 0.1) is 0 Å². The highest BCUT2D eigenvalue weighted by Gasteiger charge is 2.16. The van der Waals surface area contributed by atoms with Crippen molar-refractivity contribution in [3.05, 3.63) is 72.0 Å². The van der Waals surface area contributed by atoms with Gasteiger partial charge in [0.2, 0.25) is 0 Å². The third-order valence-electron chi connectivity index (χ3n) is 5.80. The minimum Gasteiger partial charge on any atom is -0.492 e. The maximum atomic E-state index is 12.9. The number of nitrogens with one attached hydrogen (secondary N) is 1. The molecule has 2 aromatic carbocycles. The molecule has 176 valence electrons. The van der Waals surface area contributed by atoms with E-state index in [4.69, 9.17) is 19.6 Å². The second-order valence-electron chi connectivity index (χ2n) is 8.14. The Hall–Kier alpha value is -3.20. The number of morpholine rings is 1. The number of carbonyl (C=O) groups excluding carboxylic acids is 1. The lowest BCUT2D eigenvalue weighted by atomic mass is 10.1. The molecule has 0 unspecified atom stereocenters. The molecule has 1 amide bonds. The summed E-state index contributed by atoms with van der Waals surface area (Å²) in [7, 11) is 0. The molecule has 0 saturated carbocycles. The van der Waals surface area contributed by atoms with Gasteiger partial charge in [-0.1, -0.05) is 18.2 Å². The monoisotopic (exact) mass is 477 g/mol. The van der Waals surface area contributed by atoms with Gasteiger partial charge >= 0.3 is 0 Å². The summed E-state index contributed by atoms with van der Waals surface area (Å²) in [6, 6.07) is 13.0. The van der Waals surface area contributed by atoms with Gasteiger partial charge in [-0.2, -0.15) is 0 Å². The van der Waals surface area contributed by atoms with Gasteiger partial charge in [-0.15, -0.1) is 11.8 Å². The Labute approximate surface area is 202 Å². The van der Waals surface area contributed by atoms with Crippen LogP contribution in [0.2, 0.25) is 0 Å². The number of allylic oxidation sites excluding steroid dienone is 2. The van der Waals surface area contributed by atoms with Gasteiger partial charge in [-0.25, -0.2) is 0 Å². The van der Waals surface area contributed by atoms with Crippen molar-refractivity contribution >= 4 is 44.9 Å². The predicted octanol–water partition coefficient (Wildman–Crippen LogP) is 4.62. The molecule has 0 spiro atoms. The molecule has 8 heteroatoms. The highest BCUT2D eigenvalue weighted by molar-refractivity contribution is 8.08. The van der Waals surface area contributed by atoms with Crippen molar-refractivity contribution in [3.63, 3.8) is 0 Å². The largest absolute Gasteiger partial charge is 0.492 e. The van der Waals surface area contributed by atoms with Crippen LogP contribution in [0.1, 0.15) is 16.1 Å². The van der Waals surface area contributed by atoms with Crippen LogP contribution in [0.3, 0.4) is 0 Å². The number of hydrogen-bond donors (Lipinski definition) is 2. The number of thioether (sulfide) groups is 1. The topological polar surface area (TPSA) is 90.0 Å². The lowest BCUT2D eigenvalue weighted by Crippen LogP contribution is -2.38. The van der Waals surface area contributed by atoms with E-state index in [1.165, 1.54) is 0 Å². The molecule has 0 radical (unpaired) electrons. The second-order valence-corrected chi connectivity index (χ2v) is 9.20. The van der Waals surface area contributed by atoms with Crippen molar-refractivity contribution in [1.29, 1.82) is 0 Å². The van der Waals surface area contributed by atoms with E-state index >= 15 is 0 Å². The first-order chi connectivity index (χ1) is 16.7. The van der Waals surface area contributed by atoms with E-state index in [1.807, 2.05) is 42.5 Å². The minimum atomic E-state index is -0.347. The van der Waals surface area contributed by atoms with E-state index in [0.29, 0.717) is 29.3 Å². The molecule has 3 heterocycles. The molecule has 0 bridgehead atoms. The molecule has 1 saturated heterocycles. The summed E-state index contributed by atoms with van der Waals surface area (Å²) in [5.41, 5.74) is 8.81. The number of carbonyl (C=O) groups is 1. The number of hydrogen-bond acceptors (Lipinski definition) is 7. The zero-order valence-corrected chi connectivity index (χ0v) is 19.6. The molecular formula is C26H27N3O4S. The van der Waals surface area contributed by atoms with Crippen molar-refractivity contribution < 1.29 is 18.7 Å². The van der Waals surface area contributed by atoms with Crippen molar-refractivity contribution in [3.8, 4) is 5.75 Å². The standard InChI is InChI=1S/C26H27N3O4S/c27-21-7-5-19(25-3-1-2-14-34-25)15-22(21)28-26(30)24-16-18-4-6-20(17-23(18)33-24)32-13-10-29-8-11-31-12-9-29/h1-7,15-17H,8-14,27H2,(H,28,30). The van der Waals surface area contributed by atoms with Crippen LogP contribution in [-0.2, 0) is 4.74 Å². The van der Waals surface area contributed by atoms with Crippen LogP contribution >= 0.6 is 11.8 Å². The molecule has 1 aromatic heterocycles. The Kier molecular flexibility index (Phi) is 6.89. The minimum absolute atomic E-state index is 0.222. The molecule has 5 rings (SSSR count). The summed E-state index contributed by atoms with van der Waals surface area (Å²) < 4.78 is 17.1. The van der Waals surface area contributed by atoms with Crippen molar-refractivity contribution in [2.24, 2.45) is 0 Å². The van der Waals surface area contributed by atoms with Crippen molar-refractivity contribution in [2.75, 3.05) is 56.3 Å². The lowest BCUT2D eigenvalue weighted by Gasteiger charge is -2.26. The van der Waals surface area contributed by atoms with Crippen LogP contribution in [0.5, 0.6) is 5.75 Å². The van der Waals surface area contributed by atoms with Crippen LogP contribution in [0.25, 0.3) is 15.9 Å². The van der Waals surface area contributed by atoms with E-state index in [9.17, 15) is 4.79 Å². The SMILES string of the molecule is Nc1ccc(C2=CC=CCS2)cc1NC(=O)c1cc2ccc(OCCN3CCOCC3)cc2o1. The fraction of sp³-hybridized carbons (Fsp3) is 0.269. The maximum absolute atomic E-state index is 12.9. The number of nitrogens with zero attached hydrogens (tertiary/aromatic N) is 1. The first-order valence-corrected chi connectivity index (χ1v) is 12.3. The van der Waals surface area contributed by atoms with Gasteiger partial charge in [0.15, 0.2) is 5.76 Å². The lowest BCUT2D eigenvalue weighted by molar-refractivity contribution is 0.0322. The Morgan fingerprint density at radius 3 is 2.85 bits per heavy atom. The predicted molar refractivity (Wildman–Crippen MR) is 137 cm³/mol. The van der Waals surface area contributed by atoms with Gasteiger partial charge in [0.05, 0.1) is 24.6 Å². The Bertz CT molecular complexity index is 1240. The van der Waals surface area contributed by atoms with Crippen molar-refractivity contribution in [1.82, 2.24) is 4.90 Å². The molecule has 3 N–H and O–H groups in total. The number of ether oxygens (including phenoxy) is 2. The van der Waals surface area contributed by atoms with E-state index in [1.54, 1.807) is 17.8 Å². The number of nitrogens with two attached hydrogens (primary N) is 1. The number of furan rings is 1. The third kappa shape index (κ3) is 5.30. The number of benzene rings is 2. The molecular weight excluding hydrogens is 450 g/mol. The zero-order valence-electron chi connectivity index (χ0n) is 18.8. The fourth-order valence-corrected chi connectivity index (χ4v) is 4.76. The summed E-state index contributed by atoms with van der Waals surface area (Å²) in [6.07, 6.45) is 6.21. The molecule has 7 nitrogen and oxygen atoms in total. The molecule has 2 aliphatic rings. The fourth-order valence-electron chi connectivity index (χ4n) is 3.91. The van der Waals surface area contributed by atoms with Crippen LogP contribution in [0.4, 0.5) is 11.4 Å². The Morgan fingerprint density at radius 1 is 1.15 bits per heavy atom. The first-order valence-electron chi connectivity index (χ1n) is 11.3. The average molecular weight is 478 g/mol. The number of nitrogen functional groups attached to an aromatic ring is 1. The van der Waals surface area contributed by atoms with Crippen molar-refractivity contribution in [2.45, 2.75) is 0 Å². The maximum Gasteiger partial charge on any atom is 0.291 e. The molecule has 0 aliphatic carbocycles. The van der Waals surface area contributed by atoms with Crippen LogP contribution in [-0.4, -0.2) is 56.0 Å². The van der Waals surface area contributed by atoms with Gasteiger partial charge in [0, 0.05) is 41.7 Å². The van der Waals surface area contributed by atoms with Crippen LogP contribution in [0.15, 0.2) is 65.1 Å². The Balaban J connectivity index is 1.25. The van der Waals surface area contributed by atoms with Crippen LogP contribution < -0.4 is 15.8 Å². The first kappa shape index (κ1) is 22.6. The highest BCUT2D eigenvalue weighted by Crippen LogP contribution is 2.33. The molecule has 1 fully saturated rings. The van der Waals surface area contributed by atoms with E-state index in [2.05, 4.69) is 22.4 Å². The summed E-state index contributed by atoms with van der Waals surface area (Å²) in [5, 5.41) is 3.73. The van der Waals surface area contributed by atoms with E-state index in [-0.39, 0.29) is 11.7 Å². The summed E-state index contributed by atoms with van der Waals surface area (Å²) in [4.78, 5) is 16.4. The normalized spacial score (nSPS) is 16.4. The quantitative estimate of drug-likeness (QED) is 0.480. The molecule has 34 heavy (non-hydrogen) atoms. The number of rotatable bonds is 7.